The van der Waals surface area contributed by atoms with E-state index in [-0.39, 0.29) is 18.1 Å². The van der Waals surface area contributed by atoms with Crippen molar-refractivity contribution in [3.05, 3.63) is 51.7 Å². The molecule has 28 heavy (non-hydrogen) atoms. The van der Waals surface area contributed by atoms with Crippen LogP contribution in [0.4, 0.5) is 5.82 Å². The quantitative estimate of drug-likeness (QED) is 0.532. The molecular formula is C19H25N5O4. The SMILES string of the molecule is COc1cccc(CN2CCN(C(=O)CCn3nc([N+](=O)[O-])cc3C)CC2)c1. The molecule has 0 atom stereocenters. The number of ether oxygens (including phenoxy) is 1. The summed E-state index contributed by atoms with van der Waals surface area (Å²) in [6.45, 7) is 5.92. The molecule has 9 nitrogen and oxygen atoms in total. The molecule has 0 unspecified atom stereocenters. The zero-order valence-corrected chi connectivity index (χ0v) is 16.2. The first kappa shape index (κ1) is 19.8. The molecule has 0 bridgehead atoms. The van der Waals surface area contributed by atoms with E-state index in [1.165, 1.54) is 16.3 Å². The Bertz CT molecular complexity index is 843. The van der Waals surface area contributed by atoms with Crippen LogP contribution in [0.1, 0.15) is 17.7 Å². The van der Waals surface area contributed by atoms with Gasteiger partial charge in [0, 0.05) is 39.1 Å². The maximum Gasteiger partial charge on any atom is 0.390 e. The van der Waals surface area contributed by atoms with Crippen LogP contribution in [0, 0.1) is 17.0 Å². The van der Waals surface area contributed by atoms with E-state index in [1.54, 1.807) is 14.0 Å². The number of nitro groups is 1. The van der Waals surface area contributed by atoms with Gasteiger partial charge in [0.2, 0.25) is 5.91 Å². The van der Waals surface area contributed by atoms with Gasteiger partial charge in [0.1, 0.15) is 5.75 Å². The summed E-state index contributed by atoms with van der Waals surface area (Å²) in [6, 6.07) is 9.43. The number of hydrogen-bond acceptors (Lipinski definition) is 6. The van der Waals surface area contributed by atoms with Crippen LogP contribution in [-0.2, 0) is 17.9 Å². The number of aromatic nitrogens is 2. The predicted molar refractivity (Wildman–Crippen MR) is 103 cm³/mol. The van der Waals surface area contributed by atoms with Gasteiger partial charge in [0.15, 0.2) is 0 Å². The number of hydrogen-bond donors (Lipinski definition) is 0. The Hall–Kier alpha value is -2.94. The van der Waals surface area contributed by atoms with Crippen LogP contribution in [0.15, 0.2) is 30.3 Å². The highest BCUT2D eigenvalue weighted by Crippen LogP contribution is 2.16. The molecule has 2 heterocycles. The van der Waals surface area contributed by atoms with E-state index in [9.17, 15) is 14.9 Å². The molecule has 1 fully saturated rings. The first-order valence-corrected chi connectivity index (χ1v) is 9.28. The van der Waals surface area contributed by atoms with Crippen LogP contribution in [0.25, 0.3) is 0 Å². The minimum Gasteiger partial charge on any atom is -0.497 e. The predicted octanol–water partition coefficient (Wildman–Crippen LogP) is 1.84. The smallest absolute Gasteiger partial charge is 0.390 e. The van der Waals surface area contributed by atoms with Crippen molar-refractivity contribution in [3.63, 3.8) is 0 Å². The number of rotatable bonds is 7. The Kier molecular flexibility index (Phi) is 6.25. The maximum atomic E-state index is 12.5. The number of carbonyl (C=O) groups excluding carboxylic acids is 1. The number of nitrogens with zero attached hydrogens (tertiary/aromatic N) is 5. The van der Waals surface area contributed by atoms with Gasteiger partial charge in [-0.05, 0) is 29.5 Å². The molecule has 3 rings (SSSR count). The zero-order chi connectivity index (χ0) is 20.1. The molecule has 1 aliphatic heterocycles. The first-order valence-electron chi connectivity index (χ1n) is 9.28. The van der Waals surface area contributed by atoms with E-state index in [4.69, 9.17) is 4.74 Å². The number of carbonyl (C=O) groups is 1. The second-order valence-corrected chi connectivity index (χ2v) is 6.88. The fourth-order valence-electron chi connectivity index (χ4n) is 3.35. The summed E-state index contributed by atoms with van der Waals surface area (Å²) in [5, 5.41) is 14.7. The highest BCUT2D eigenvalue weighted by molar-refractivity contribution is 5.76. The standard InChI is InChI=1S/C19H25N5O4/c1-15-12-18(24(26)27)20-23(15)7-6-19(25)22-10-8-21(9-11-22)14-16-4-3-5-17(13-16)28-2/h3-5,12-13H,6-11,14H2,1-2H3. The molecule has 1 aromatic heterocycles. The fourth-order valence-corrected chi connectivity index (χ4v) is 3.35. The van der Waals surface area contributed by atoms with E-state index in [0.717, 1.165) is 25.4 Å². The second kappa shape index (κ2) is 8.83. The van der Waals surface area contributed by atoms with Crippen molar-refractivity contribution in [1.29, 1.82) is 0 Å². The van der Waals surface area contributed by atoms with E-state index in [2.05, 4.69) is 16.1 Å². The molecule has 2 aromatic rings. The molecule has 150 valence electrons. The van der Waals surface area contributed by atoms with E-state index in [1.807, 2.05) is 23.1 Å². The van der Waals surface area contributed by atoms with E-state index in [0.29, 0.717) is 25.3 Å². The lowest BCUT2D eigenvalue weighted by Gasteiger charge is -2.34. The van der Waals surface area contributed by atoms with Crippen LogP contribution < -0.4 is 4.74 Å². The third-order valence-electron chi connectivity index (χ3n) is 4.96. The molecule has 1 amide bonds. The Morgan fingerprint density at radius 3 is 2.64 bits per heavy atom. The second-order valence-electron chi connectivity index (χ2n) is 6.88. The third-order valence-corrected chi connectivity index (χ3v) is 4.96. The van der Waals surface area contributed by atoms with Crippen molar-refractivity contribution < 1.29 is 14.5 Å². The molecule has 0 spiro atoms. The summed E-state index contributed by atoms with van der Waals surface area (Å²) in [5.74, 6) is 0.718. The summed E-state index contributed by atoms with van der Waals surface area (Å²) >= 11 is 0. The molecule has 0 N–H and O–H groups in total. The number of benzene rings is 1. The summed E-state index contributed by atoms with van der Waals surface area (Å²) < 4.78 is 6.79. The molecule has 0 aliphatic carbocycles. The Morgan fingerprint density at radius 1 is 1.25 bits per heavy atom. The number of amides is 1. The van der Waals surface area contributed by atoms with Gasteiger partial charge in [-0.1, -0.05) is 12.1 Å². The lowest BCUT2D eigenvalue weighted by Crippen LogP contribution is -2.48. The van der Waals surface area contributed by atoms with E-state index >= 15 is 0 Å². The van der Waals surface area contributed by atoms with Crippen LogP contribution >= 0.6 is 0 Å². The Morgan fingerprint density at radius 2 is 2.00 bits per heavy atom. The minimum atomic E-state index is -0.521. The van der Waals surface area contributed by atoms with Crippen molar-refractivity contribution in [2.24, 2.45) is 0 Å². The van der Waals surface area contributed by atoms with Gasteiger partial charge in [0.05, 0.1) is 30.5 Å². The first-order chi connectivity index (χ1) is 13.5. The summed E-state index contributed by atoms with van der Waals surface area (Å²) in [6.07, 6.45) is 0.287. The summed E-state index contributed by atoms with van der Waals surface area (Å²) in [7, 11) is 1.66. The highest BCUT2D eigenvalue weighted by atomic mass is 16.6. The van der Waals surface area contributed by atoms with Gasteiger partial charge in [-0.15, -0.1) is 0 Å². The number of methoxy groups -OCH3 is 1. The van der Waals surface area contributed by atoms with Gasteiger partial charge in [-0.25, -0.2) is 0 Å². The maximum absolute atomic E-state index is 12.5. The topological polar surface area (TPSA) is 93.7 Å². The molecule has 1 aromatic carbocycles. The van der Waals surface area contributed by atoms with Crippen LogP contribution in [0.2, 0.25) is 0 Å². The average molecular weight is 387 g/mol. The van der Waals surface area contributed by atoms with Crippen LogP contribution in [0.5, 0.6) is 5.75 Å². The lowest BCUT2D eigenvalue weighted by atomic mass is 10.2. The van der Waals surface area contributed by atoms with Crippen molar-refractivity contribution >= 4 is 11.7 Å². The largest absolute Gasteiger partial charge is 0.497 e. The summed E-state index contributed by atoms with van der Waals surface area (Å²) in [5.41, 5.74) is 1.87. The third kappa shape index (κ3) is 4.86. The van der Waals surface area contributed by atoms with Crippen molar-refractivity contribution in [1.82, 2.24) is 19.6 Å². The van der Waals surface area contributed by atoms with Crippen LogP contribution in [0.3, 0.4) is 0 Å². The molecule has 0 radical (unpaired) electrons. The van der Waals surface area contributed by atoms with Gasteiger partial charge in [-0.2, -0.15) is 4.68 Å². The molecule has 1 saturated heterocycles. The molecule has 0 saturated carbocycles. The van der Waals surface area contributed by atoms with E-state index < -0.39 is 4.92 Å². The zero-order valence-electron chi connectivity index (χ0n) is 16.2. The van der Waals surface area contributed by atoms with Gasteiger partial charge >= 0.3 is 5.82 Å². The van der Waals surface area contributed by atoms with Crippen LogP contribution in [-0.4, -0.2) is 63.7 Å². The lowest BCUT2D eigenvalue weighted by molar-refractivity contribution is -0.389. The van der Waals surface area contributed by atoms with Crippen molar-refractivity contribution in [3.8, 4) is 5.75 Å². The van der Waals surface area contributed by atoms with Gasteiger partial charge in [0.25, 0.3) is 0 Å². The minimum absolute atomic E-state index is 0.0542. The molecule has 1 aliphatic rings. The normalized spacial score (nSPS) is 14.9. The van der Waals surface area contributed by atoms with Gasteiger partial charge in [-0.3, -0.25) is 9.69 Å². The van der Waals surface area contributed by atoms with Crippen molar-refractivity contribution in [2.75, 3.05) is 33.3 Å². The monoisotopic (exact) mass is 387 g/mol. The average Bonchev–Trinajstić information content (AvgIpc) is 3.08. The molecular weight excluding hydrogens is 362 g/mol. The Balaban J connectivity index is 1.46. The molecule has 9 heteroatoms. The summed E-state index contributed by atoms with van der Waals surface area (Å²) in [4.78, 5) is 26.9. The van der Waals surface area contributed by atoms with Crippen molar-refractivity contribution in [2.45, 2.75) is 26.4 Å². The fraction of sp³-hybridized carbons (Fsp3) is 0.474. The highest BCUT2D eigenvalue weighted by Gasteiger charge is 2.22. The number of aryl methyl sites for hydroxylation is 2. The Labute approximate surface area is 163 Å². The number of piperazine rings is 1. The van der Waals surface area contributed by atoms with Gasteiger partial charge < -0.3 is 19.8 Å².